The summed E-state index contributed by atoms with van der Waals surface area (Å²) in [5, 5.41) is 9.44. The summed E-state index contributed by atoms with van der Waals surface area (Å²) in [4.78, 5) is 0. The average Bonchev–Trinajstić information content (AvgIpc) is 3.14. The van der Waals surface area contributed by atoms with Crippen molar-refractivity contribution >= 4 is 11.6 Å². The lowest BCUT2D eigenvalue weighted by Gasteiger charge is -2.16. The first-order chi connectivity index (χ1) is 12.2. The number of rotatable bonds is 5. The van der Waals surface area contributed by atoms with Crippen molar-refractivity contribution in [3.05, 3.63) is 59.4 Å². The highest BCUT2D eigenvalue weighted by molar-refractivity contribution is 5.89. The summed E-state index contributed by atoms with van der Waals surface area (Å²) in [5.41, 5.74) is 1.99. The van der Waals surface area contributed by atoms with Crippen LogP contribution in [0.3, 0.4) is 0 Å². The Morgan fingerprint density at radius 1 is 1.12 bits per heavy atom. The molecule has 0 atom stereocenters. The molecule has 1 saturated carbocycles. The van der Waals surface area contributed by atoms with Gasteiger partial charge in [0, 0.05) is 0 Å². The molecule has 0 radical (unpaired) electrons. The van der Waals surface area contributed by atoms with Gasteiger partial charge in [-0.25, -0.2) is 4.39 Å². The van der Waals surface area contributed by atoms with E-state index in [1.165, 1.54) is 25.0 Å². The van der Waals surface area contributed by atoms with Crippen molar-refractivity contribution < 1.29 is 13.9 Å². The highest BCUT2D eigenvalue weighted by atomic mass is 19.1. The van der Waals surface area contributed by atoms with Crippen molar-refractivity contribution in [3.63, 3.8) is 0 Å². The fraction of sp³-hybridized carbons (Fsp3) is 0.286. The molecule has 0 unspecified atom stereocenters. The molecule has 0 heterocycles. The predicted molar refractivity (Wildman–Crippen MR) is 95.8 cm³/mol. The number of benzene rings is 2. The smallest absolute Gasteiger partial charge is 0.162 e. The number of halogens is 1. The second-order valence-corrected chi connectivity index (χ2v) is 6.11. The number of hydrogen-bond donors (Lipinski definition) is 0. The molecule has 0 amide bonds. The molecule has 0 bridgehead atoms. The topological polar surface area (TPSA) is 42.2 Å². The van der Waals surface area contributed by atoms with E-state index in [9.17, 15) is 9.65 Å². The molecular weight excluding hydrogens is 317 g/mol. The Labute approximate surface area is 147 Å². The van der Waals surface area contributed by atoms with Crippen molar-refractivity contribution in [3.8, 4) is 17.6 Å². The molecule has 2 aromatic rings. The van der Waals surface area contributed by atoms with Gasteiger partial charge in [0.1, 0.15) is 5.82 Å². The quantitative estimate of drug-likeness (QED) is 0.555. The normalized spacial score (nSPS) is 15.0. The van der Waals surface area contributed by atoms with Gasteiger partial charge in [0.25, 0.3) is 0 Å². The predicted octanol–water partition coefficient (Wildman–Crippen LogP) is 5.22. The molecule has 0 aromatic heterocycles. The molecule has 4 heteroatoms. The molecular formula is C21H20FNO2. The largest absolute Gasteiger partial charge is 0.493 e. The zero-order valence-corrected chi connectivity index (χ0v) is 14.2. The molecule has 0 N–H and O–H groups in total. The van der Waals surface area contributed by atoms with Crippen LogP contribution in [0.15, 0.2) is 42.5 Å². The number of hydrogen-bond acceptors (Lipinski definition) is 3. The van der Waals surface area contributed by atoms with Crippen LogP contribution in [0.1, 0.15) is 36.8 Å². The third-order valence-electron chi connectivity index (χ3n) is 4.37. The lowest BCUT2D eigenvalue weighted by molar-refractivity contribution is 0.201. The van der Waals surface area contributed by atoms with E-state index >= 15 is 0 Å². The number of methoxy groups -OCH3 is 1. The molecule has 3 rings (SSSR count). The lowest BCUT2D eigenvalue weighted by Crippen LogP contribution is -2.11. The van der Waals surface area contributed by atoms with Crippen LogP contribution in [0.25, 0.3) is 11.6 Å². The SMILES string of the molecule is COc1ccc(C=C(C#N)c2ccc(F)cc2)cc1OC1CCCC1. The molecule has 3 nitrogen and oxygen atoms in total. The van der Waals surface area contributed by atoms with Crippen LogP contribution in [0.4, 0.5) is 4.39 Å². The van der Waals surface area contributed by atoms with Crippen molar-refractivity contribution in [1.82, 2.24) is 0 Å². The third kappa shape index (κ3) is 4.19. The summed E-state index contributed by atoms with van der Waals surface area (Å²) < 4.78 is 24.6. The van der Waals surface area contributed by atoms with Gasteiger partial charge in [-0.1, -0.05) is 18.2 Å². The van der Waals surface area contributed by atoms with Gasteiger partial charge >= 0.3 is 0 Å². The summed E-state index contributed by atoms with van der Waals surface area (Å²) in [6.45, 7) is 0. The Balaban J connectivity index is 1.90. The Hall–Kier alpha value is -2.80. The van der Waals surface area contributed by atoms with E-state index < -0.39 is 0 Å². The van der Waals surface area contributed by atoms with Crippen LogP contribution in [-0.2, 0) is 0 Å². The Kier molecular flexibility index (Phi) is 5.35. The van der Waals surface area contributed by atoms with Crippen LogP contribution in [-0.4, -0.2) is 13.2 Å². The number of ether oxygens (including phenoxy) is 2. The van der Waals surface area contributed by atoms with Gasteiger partial charge in [0.15, 0.2) is 11.5 Å². The number of nitriles is 1. The van der Waals surface area contributed by atoms with Crippen molar-refractivity contribution in [2.45, 2.75) is 31.8 Å². The highest BCUT2D eigenvalue weighted by Gasteiger charge is 2.18. The van der Waals surface area contributed by atoms with Crippen LogP contribution in [0.2, 0.25) is 0 Å². The number of nitrogens with zero attached hydrogens (tertiary/aromatic N) is 1. The summed E-state index contributed by atoms with van der Waals surface area (Å²) >= 11 is 0. The second-order valence-electron chi connectivity index (χ2n) is 6.11. The van der Waals surface area contributed by atoms with Gasteiger partial charge in [-0.05, 0) is 67.2 Å². The van der Waals surface area contributed by atoms with E-state index in [-0.39, 0.29) is 11.9 Å². The monoisotopic (exact) mass is 337 g/mol. The Bertz CT molecular complexity index is 800. The minimum absolute atomic E-state index is 0.223. The molecule has 1 aliphatic rings. The standard InChI is InChI=1S/C21H20FNO2/c1-24-20-11-6-15(13-21(20)25-19-4-2-3-5-19)12-17(14-23)16-7-9-18(22)10-8-16/h6-13,19H,2-5H2,1H3. The maximum atomic E-state index is 13.1. The minimum atomic E-state index is -0.322. The van der Waals surface area contributed by atoms with E-state index in [2.05, 4.69) is 6.07 Å². The van der Waals surface area contributed by atoms with E-state index in [0.29, 0.717) is 22.6 Å². The second kappa shape index (κ2) is 7.85. The van der Waals surface area contributed by atoms with E-state index in [1.54, 1.807) is 25.3 Å². The lowest BCUT2D eigenvalue weighted by atomic mass is 10.0. The van der Waals surface area contributed by atoms with E-state index in [4.69, 9.17) is 9.47 Å². The van der Waals surface area contributed by atoms with Gasteiger partial charge in [0.05, 0.1) is 24.9 Å². The van der Waals surface area contributed by atoms with Crippen molar-refractivity contribution in [2.24, 2.45) is 0 Å². The van der Waals surface area contributed by atoms with Crippen LogP contribution < -0.4 is 9.47 Å². The van der Waals surface area contributed by atoms with Crippen molar-refractivity contribution in [1.29, 1.82) is 5.26 Å². The zero-order chi connectivity index (χ0) is 17.6. The average molecular weight is 337 g/mol. The summed E-state index contributed by atoms with van der Waals surface area (Å²) in [5.74, 6) is 1.06. The van der Waals surface area contributed by atoms with Gasteiger partial charge in [-0.3, -0.25) is 0 Å². The molecule has 0 saturated heterocycles. The molecule has 1 aliphatic carbocycles. The fourth-order valence-electron chi connectivity index (χ4n) is 3.04. The van der Waals surface area contributed by atoms with Crippen LogP contribution in [0.5, 0.6) is 11.5 Å². The molecule has 2 aromatic carbocycles. The Morgan fingerprint density at radius 2 is 1.84 bits per heavy atom. The molecule has 128 valence electrons. The first kappa shape index (κ1) is 17.0. The molecule has 1 fully saturated rings. The number of allylic oxidation sites excluding steroid dienone is 1. The summed E-state index contributed by atoms with van der Waals surface area (Å²) in [6, 6.07) is 13.7. The first-order valence-corrected chi connectivity index (χ1v) is 8.42. The fourth-order valence-corrected chi connectivity index (χ4v) is 3.04. The summed E-state index contributed by atoms with van der Waals surface area (Å²) in [7, 11) is 1.62. The minimum Gasteiger partial charge on any atom is -0.493 e. The van der Waals surface area contributed by atoms with E-state index in [0.717, 1.165) is 18.4 Å². The van der Waals surface area contributed by atoms with Gasteiger partial charge in [-0.2, -0.15) is 5.26 Å². The van der Waals surface area contributed by atoms with Gasteiger partial charge in [-0.15, -0.1) is 0 Å². The third-order valence-corrected chi connectivity index (χ3v) is 4.37. The first-order valence-electron chi connectivity index (χ1n) is 8.42. The Morgan fingerprint density at radius 3 is 2.48 bits per heavy atom. The molecule has 25 heavy (non-hydrogen) atoms. The van der Waals surface area contributed by atoms with Crippen LogP contribution in [0, 0.1) is 17.1 Å². The maximum Gasteiger partial charge on any atom is 0.162 e. The van der Waals surface area contributed by atoms with Gasteiger partial charge < -0.3 is 9.47 Å². The van der Waals surface area contributed by atoms with Gasteiger partial charge in [0.2, 0.25) is 0 Å². The zero-order valence-electron chi connectivity index (χ0n) is 14.2. The van der Waals surface area contributed by atoms with Crippen LogP contribution >= 0.6 is 0 Å². The summed E-state index contributed by atoms with van der Waals surface area (Å²) in [6.07, 6.45) is 6.49. The molecule has 0 aliphatic heterocycles. The molecule has 0 spiro atoms. The maximum absolute atomic E-state index is 13.1. The highest BCUT2D eigenvalue weighted by Crippen LogP contribution is 2.33. The van der Waals surface area contributed by atoms with Crippen molar-refractivity contribution in [2.75, 3.05) is 7.11 Å². The van der Waals surface area contributed by atoms with E-state index in [1.807, 2.05) is 18.2 Å².